The topological polar surface area (TPSA) is 87.9 Å². The average molecular weight is 359 g/mol. The van der Waals surface area contributed by atoms with Crippen LogP contribution in [-0.4, -0.2) is 18.2 Å². The molecule has 0 radical (unpaired) electrons. The molecule has 128 valence electrons. The van der Waals surface area contributed by atoms with Crippen LogP contribution in [0.4, 0.5) is 0 Å². The van der Waals surface area contributed by atoms with Crippen molar-refractivity contribution in [2.24, 2.45) is 0 Å². The molecule has 2 aliphatic rings. The Morgan fingerprint density at radius 1 is 1.24 bits per heavy atom. The van der Waals surface area contributed by atoms with Crippen LogP contribution in [0.1, 0.15) is 6.92 Å². The molecule has 8 heteroatoms. The molecule has 25 heavy (non-hydrogen) atoms. The van der Waals surface area contributed by atoms with Crippen molar-refractivity contribution in [2.45, 2.75) is 6.92 Å². The Balaban J connectivity index is 1.99. The summed E-state index contributed by atoms with van der Waals surface area (Å²) in [6.45, 7) is 1.56. The zero-order chi connectivity index (χ0) is 17.9. The summed E-state index contributed by atoms with van der Waals surface area (Å²) in [5.74, 6) is 2.75. The van der Waals surface area contributed by atoms with Crippen LogP contribution in [0.5, 0.6) is 5.75 Å². The molecule has 7 nitrogen and oxygen atoms in total. The molecule has 0 N–H and O–H groups in total. The summed E-state index contributed by atoms with van der Waals surface area (Å²) in [5.41, 5.74) is 1.27. The number of fused-ring (bicyclic) bond motifs is 2. The molecule has 0 aromatic heterocycles. The number of nitrogens with zero attached hydrogens (tertiary/aromatic N) is 1. The van der Waals surface area contributed by atoms with Gasteiger partial charge in [-0.15, -0.1) is 6.42 Å². The molecule has 0 saturated heterocycles. The van der Waals surface area contributed by atoms with Gasteiger partial charge in [-0.1, -0.05) is 5.92 Å². The van der Waals surface area contributed by atoms with Crippen molar-refractivity contribution in [3.05, 3.63) is 46.6 Å². The molecule has 1 aliphatic heterocycles. The summed E-state index contributed by atoms with van der Waals surface area (Å²) >= 11 is 0. The maximum atomic E-state index is 12.5. The van der Waals surface area contributed by atoms with Gasteiger partial charge in [0.1, 0.15) is 23.6 Å². The summed E-state index contributed by atoms with van der Waals surface area (Å²) in [6.07, 6.45) is 5.11. The lowest BCUT2D eigenvalue weighted by atomic mass is 10.2. The van der Waals surface area contributed by atoms with Crippen molar-refractivity contribution >= 4 is 18.9 Å². The molecule has 1 unspecified atom stereocenters. The summed E-state index contributed by atoms with van der Waals surface area (Å²) in [6, 6.07) is 9.03. The van der Waals surface area contributed by atoms with E-state index in [4.69, 9.17) is 24.4 Å². The Labute approximate surface area is 143 Å². The molecule has 0 bridgehead atoms. The normalized spacial score (nSPS) is 13.4. The summed E-state index contributed by atoms with van der Waals surface area (Å²) in [5, 5.41) is 0. The molecular formula is C17H14NO6P. The van der Waals surface area contributed by atoms with E-state index in [1.165, 1.54) is 18.2 Å². The van der Waals surface area contributed by atoms with Crippen LogP contribution in [-0.2, 0) is 13.6 Å². The molecule has 0 amide bonds. The van der Waals surface area contributed by atoms with E-state index in [1.807, 2.05) is 0 Å². The van der Waals surface area contributed by atoms with Crippen LogP contribution < -0.4 is 9.95 Å². The van der Waals surface area contributed by atoms with Gasteiger partial charge in [0.05, 0.1) is 6.61 Å². The van der Waals surface area contributed by atoms with Crippen molar-refractivity contribution < 1.29 is 22.6 Å². The van der Waals surface area contributed by atoms with Gasteiger partial charge in [-0.25, -0.2) is 9.55 Å². The van der Waals surface area contributed by atoms with Crippen LogP contribution in [0.3, 0.4) is 0 Å². The third-order valence-electron chi connectivity index (χ3n) is 3.13. The Bertz CT molecular complexity index is 1020. The SMILES string of the molecule is C#CCOP(=O)(OCC)Oc1ccc2nc3ccc(=O)cc-3oc2c1. The molecule has 1 atom stereocenters. The van der Waals surface area contributed by atoms with Crippen LogP contribution in [0.15, 0.2) is 45.6 Å². The largest absolute Gasteiger partial charge is 0.530 e. The third kappa shape index (κ3) is 3.89. The fraction of sp³-hybridized carbons (Fsp3) is 0.176. The molecule has 1 aliphatic carbocycles. The first-order chi connectivity index (χ1) is 12.0. The van der Waals surface area contributed by atoms with Crippen molar-refractivity contribution in [3.63, 3.8) is 0 Å². The first-order valence-corrected chi connectivity index (χ1v) is 8.86. The first kappa shape index (κ1) is 17.2. The van der Waals surface area contributed by atoms with Gasteiger partial charge in [0.15, 0.2) is 16.8 Å². The lowest BCUT2D eigenvalue weighted by Gasteiger charge is -2.17. The Morgan fingerprint density at radius 2 is 2.08 bits per heavy atom. The summed E-state index contributed by atoms with van der Waals surface area (Å²) < 4.78 is 33.6. The van der Waals surface area contributed by atoms with Crippen molar-refractivity contribution in [2.75, 3.05) is 13.2 Å². The predicted octanol–water partition coefficient (Wildman–Crippen LogP) is 3.47. The smallest absolute Gasteiger partial charge is 0.453 e. The van der Waals surface area contributed by atoms with E-state index >= 15 is 0 Å². The Kier molecular flexibility index (Phi) is 4.86. The van der Waals surface area contributed by atoms with Gasteiger partial charge in [-0.05, 0) is 31.2 Å². The Hall–Kier alpha value is -2.65. The van der Waals surface area contributed by atoms with Gasteiger partial charge in [0.2, 0.25) is 0 Å². The second kappa shape index (κ2) is 7.08. The van der Waals surface area contributed by atoms with E-state index in [0.717, 1.165) is 0 Å². The number of hydrogen-bond donors (Lipinski definition) is 0. The Morgan fingerprint density at radius 3 is 2.84 bits per heavy atom. The summed E-state index contributed by atoms with van der Waals surface area (Å²) in [4.78, 5) is 15.8. The van der Waals surface area contributed by atoms with Crippen LogP contribution >= 0.6 is 7.82 Å². The zero-order valence-corrected chi connectivity index (χ0v) is 14.2. The fourth-order valence-corrected chi connectivity index (χ4v) is 3.24. The molecule has 0 fully saturated rings. The first-order valence-electron chi connectivity index (χ1n) is 7.40. The van der Waals surface area contributed by atoms with E-state index < -0.39 is 7.82 Å². The zero-order valence-electron chi connectivity index (χ0n) is 13.3. The monoisotopic (exact) mass is 359 g/mol. The second-order valence-corrected chi connectivity index (χ2v) is 6.50. The third-order valence-corrected chi connectivity index (χ3v) is 4.59. The molecule has 1 aromatic rings. The minimum atomic E-state index is -3.85. The number of terminal acetylenes is 1. The van der Waals surface area contributed by atoms with E-state index in [-0.39, 0.29) is 24.4 Å². The highest BCUT2D eigenvalue weighted by atomic mass is 31.2. The van der Waals surface area contributed by atoms with Gasteiger partial charge in [-0.3, -0.25) is 13.8 Å². The minimum Gasteiger partial charge on any atom is -0.453 e. The van der Waals surface area contributed by atoms with E-state index in [9.17, 15) is 9.36 Å². The van der Waals surface area contributed by atoms with Gasteiger partial charge in [0.25, 0.3) is 0 Å². The standard InChI is InChI=1S/C17H14NO6P/c1-3-9-22-25(20,21-4-2)24-13-6-8-15-17(11-13)23-16-10-12(19)5-7-14(16)18-15/h1,5-8,10-11H,4,9H2,2H3. The molecule has 3 rings (SSSR count). The quantitative estimate of drug-likeness (QED) is 0.378. The maximum Gasteiger partial charge on any atom is 0.530 e. The lowest BCUT2D eigenvalue weighted by molar-refractivity contribution is 0.176. The molecule has 1 heterocycles. The fourth-order valence-electron chi connectivity index (χ4n) is 2.14. The van der Waals surface area contributed by atoms with Crippen molar-refractivity contribution in [1.29, 1.82) is 0 Å². The maximum absolute atomic E-state index is 12.5. The van der Waals surface area contributed by atoms with Gasteiger partial charge < -0.3 is 8.94 Å². The van der Waals surface area contributed by atoms with E-state index in [0.29, 0.717) is 22.6 Å². The highest BCUT2D eigenvalue weighted by Crippen LogP contribution is 2.49. The number of hydrogen-bond acceptors (Lipinski definition) is 7. The van der Waals surface area contributed by atoms with Crippen molar-refractivity contribution in [3.8, 4) is 29.5 Å². The molecule has 1 aromatic carbocycles. The minimum absolute atomic E-state index is 0.123. The number of aromatic nitrogens is 1. The lowest BCUT2D eigenvalue weighted by Crippen LogP contribution is -2.03. The number of phosphoric ester groups is 1. The molecular weight excluding hydrogens is 345 g/mol. The van der Waals surface area contributed by atoms with Gasteiger partial charge in [0, 0.05) is 12.1 Å². The summed E-state index contributed by atoms with van der Waals surface area (Å²) in [7, 11) is -3.85. The number of rotatable bonds is 6. The van der Waals surface area contributed by atoms with Gasteiger partial charge >= 0.3 is 7.82 Å². The number of benzene rings is 2. The second-order valence-electron chi connectivity index (χ2n) is 4.91. The predicted molar refractivity (Wildman–Crippen MR) is 91.5 cm³/mol. The van der Waals surface area contributed by atoms with Crippen molar-refractivity contribution in [1.82, 2.24) is 4.98 Å². The number of phosphoric acid groups is 1. The van der Waals surface area contributed by atoms with Gasteiger partial charge in [-0.2, -0.15) is 0 Å². The highest BCUT2D eigenvalue weighted by Gasteiger charge is 2.28. The van der Waals surface area contributed by atoms with Crippen LogP contribution in [0.25, 0.3) is 22.6 Å². The van der Waals surface area contributed by atoms with Crippen LogP contribution in [0.2, 0.25) is 0 Å². The van der Waals surface area contributed by atoms with E-state index in [1.54, 1.807) is 25.1 Å². The molecule has 0 saturated carbocycles. The van der Waals surface area contributed by atoms with Crippen LogP contribution in [0, 0.1) is 12.3 Å². The average Bonchev–Trinajstić information content (AvgIpc) is 2.58. The van der Waals surface area contributed by atoms with E-state index in [2.05, 4.69) is 10.9 Å². The highest BCUT2D eigenvalue weighted by molar-refractivity contribution is 7.48. The molecule has 0 spiro atoms.